The molecule has 2 radical (unpaired) electrons. The Morgan fingerprint density at radius 3 is 1.39 bits per heavy atom. The molecule has 0 aliphatic heterocycles. The van der Waals surface area contributed by atoms with Crippen molar-refractivity contribution in [3.05, 3.63) is 80.7 Å². The second-order valence-corrected chi connectivity index (χ2v) is 27.8. The molecule has 4 aromatic rings. The number of hydrogen-bond acceptors (Lipinski definition) is 0. The molecular weight excluding hydrogens is 797 g/mol. The van der Waals surface area contributed by atoms with E-state index in [1.165, 1.54) is 41.6 Å². The first-order chi connectivity index (χ1) is 13.4. The van der Waals surface area contributed by atoms with Gasteiger partial charge in [-0.15, -0.1) is 69.1 Å². The zero-order valence-corrected chi connectivity index (χ0v) is 27.2. The molecule has 0 N–H and O–H groups in total. The summed E-state index contributed by atoms with van der Waals surface area (Å²) in [5, 5.41) is 5.25. The van der Waals surface area contributed by atoms with Crippen LogP contribution in [0.4, 0.5) is 0 Å². The summed E-state index contributed by atoms with van der Waals surface area (Å²) >= 11 is 12.1. The van der Waals surface area contributed by atoms with Crippen LogP contribution in [0.5, 0.6) is 0 Å². The summed E-state index contributed by atoms with van der Waals surface area (Å²) in [6.07, 6.45) is 0. The molecule has 0 saturated heterocycles. The van der Waals surface area contributed by atoms with Crippen molar-refractivity contribution in [2.45, 2.75) is 26.9 Å². The fraction of sp³-hybridized carbons (Fsp3) is 0.182. The van der Waals surface area contributed by atoms with E-state index in [4.69, 9.17) is 0 Å². The Morgan fingerprint density at radius 1 is 0.786 bits per heavy atom. The van der Waals surface area contributed by atoms with Gasteiger partial charge in [0.2, 0.25) is 0 Å². The maximum atomic E-state index is 3.51. The molecule has 6 heteroatoms. The molecule has 0 saturated carbocycles. The molecule has 0 spiro atoms. The van der Waals surface area contributed by atoms with Gasteiger partial charge in [0.1, 0.15) is 0 Å². The summed E-state index contributed by atoms with van der Waals surface area (Å²) in [5.74, 6) is 0. The number of benzene rings is 2. The van der Waals surface area contributed by atoms with Crippen molar-refractivity contribution in [2.75, 3.05) is 0 Å². The van der Waals surface area contributed by atoms with E-state index in [0.29, 0.717) is 0 Å². The van der Waals surface area contributed by atoms with Gasteiger partial charge in [-0.05, 0) is 8.95 Å². The van der Waals surface area contributed by atoms with Gasteiger partial charge in [-0.1, -0.05) is 70.9 Å². The van der Waals surface area contributed by atoms with Crippen LogP contribution in [0, 0.1) is 13.8 Å². The molecule has 0 bridgehead atoms. The normalized spacial score (nSPS) is 9.43. The van der Waals surface area contributed by atoms with Crippen molar-refractivity contribution >= 4 is 99.0 Å². The summed E-state index contributed by atoms with van der Waals surface area (Å²) < 4.78 is 2.37. The molecule has 0 unspecified atom stereocenters. The summed E-state index contributed by atoms with van der Waals surface area (Å²) in [5.41, 5.74) is 2.65. The van der Waals surface area contributed by atoms with Crippen LogP contribution >= 0.6 is 67.9 Å². The van der Waals surface area contributed by atoms with Crippen molar-refractivity contribution in [3.63, 3.8) is 0 Å². The van der Waals surface area contributed by atoms with E-state index >= 15 is 0 Å². The van der Waals surface area contributed by atoms with Crippen LogP contribution < -0.4 is 0 Å². The summed E-state index contributed by atoms with van der Waals surface area (Å²) in [7, 11) is 1.08. The zero-order valence-electron chi connectivity index (χ0n) is 16.3. The monoisotopic (exact) mass is 816 g/mol. The zero-order chi connectivity index (χ0) is 21.1. The molecule has 0 nitrogen and oxygen atoms in total. The van der Waals surface area contributed by atoms with E-state index in [0.717, 1.165) is 9.52 Å². The fourth-order valence-electron chi connectivity index (χ4n) is 2.69. The molecule has 0 aromatic heterocycles. The summed E-state index contributed by atoms with van der Waals surface area (Å²) in [4.78, 5) is 0. The number of fused-ring (bicyclic) bond motifs is 2. The summed E-state index contributed by atoms with van der Waals surface area (Å²) in [6.45, 7) is 8.54. The Labute approximate surface area is 218 Å². The van der Waals surface area contributed by atoms with Crippen molar-refractivity contribution in [2.24, 2.45) is 0 Å². The molecule has 0 heterocycles. The molecule has 0 amide bonds. The maximum absolute atomic E-state index is 3.51. The molecule has 28 heavy (non-hydrogen) atoms. The third kappa shape index (κ3) is 9.13. The average molecular weight is 819 g/mol. The predicted octanol–water partition coefficient (Wildman–Crippen LogP) is 9.81. The van der Waals surface area contributed by atoms with Gasteiger partial charge in [0.05, 0.1) is 0 Å². The molecule has 4 rings (SSSR count). The van der Waals surface area contributed by atoms with Gasteiger partial charge in [0.25, 0.3) is 0 Å². The van der Waals surface area contributed by atoms with Gasteiger partial charge in [-0.25, -0.2) is 0 Å². The van der Waals surface area contributed by atoms with Crippen molar-refractivity contribution in [3.8, 4) is 0 Å². The average Bonchev–Trinajstić information content (AvgIpc) is 3.20. The van der Waals surface area contributed by atoms with E-state index in [9.17, 15) is 0 Å². The van der Waals surface area contributed by atoms with Crippen molar-refractivity contribution in [1.82, 2.24) is 0 Å². The Balaban J connectivity index is 0.000000220. The van der Waals surface area contributed by atoms with Gasteiger partial charge in [-0.2, -0.15) is 12.1 Å². The molecule has 0 fully saturated rings. The van der Waals surface area contributed by atoms with Crippen LogP contribution in [0.1, 0.15) is 11.1 Å². The van der Waals surface area contributed by atoms with Crippen LogP contribution in [-0.2, 0) is 14.9 Å². The van der Waals surface area contributed by atoms with Crippen LogP contribution in [0.25, 0.3) is 21.5 Å². The van der Waals surface area contributed by atoms with Crippen LogP contribution in [0.3, 0.4) is 0 Å². The third-order valence-corrected chi connectivity index (χ3v) is 5.07. The quantitative estimate of drug-likeness (QED) is 0.0943. The van der Waals surface area contributed by atoms with Gasteiger partial charge in [-0.3, -0.25) is 0 Å². The number of halogens is 4. The Hall–Kier alpha value is 1.18. The van der Waals surface area contributed by atoms with Gasteiger partial charge in [0, 0.05) is 9.52 Å². The van der Waals surface area contributed by atoms with E-state index < -0.39 is 0 Å². The van der Waals surface area contributed by atoms with Crippen LogP contribution in [-0.4, -0.2) is 9.52 Å². The minimum atomic E-state index is 0.170. The van der Waals surface area contributed by atoms with E-state index in [-0.39, 0.29) is 14.9 Å². The number of hydrogen-bond donors (Lipinski definition) is 0. The Kier molecular flexibility index (Phi) is 14.6. The second kappa shape index (κ2) is 15.1. The minimum absolute atomic E-state index is 0.170. The van der Waals surface area contributed by atoms with E-state index in [1.807, 2.05) is 0 Å². The second-order valence-electron chi connectivity index (χ2n) is 6.12. The summed E-state index contributed by atoms with van der Waals surface area (Å²) in [6, 6.07) is 21.3. The molecule has 4 aromatic carbocycles. The first-order valence-corrected chi connectivity index (χ1v) is 26.8. The molecule has 0 atom stereocenters. The van der Waals surface area contributed by atoms with Crippen molar-refractivity contribution < 1.29 is 14.9 Å². The number of rotatable bonds is 0. The van der Waals surface area contributed by atoms with E-state index in [1.54, 1.807) is 0 Å². The van der Waals surface area contributed by atoms with Crippen molar-refractivity contribution in [1.29, 1.82) is 0 Å². The first-order valence-electron chi connectivity index (χ1n) is 8.55. The molecule has 0 aliphatic rings. The number of aryl methyl sites for hydroxylation is 2. The van der Waals surface area contributed by atoms with E-state index in [2.05, 4.69) is 156 Å². The predicted molar refractivity (Wildman–Crippen MR) is 149 cm³/mol. The fourth-order valence-corrected chi connectivity index (χ4v) is 3.68. The molecule has 0 aliphatic carbocycles. The molecular formula is C22H22Br2I2SiZr. The standard InChI is InChI=1S/2C10H8Br.C2H6Si.2HI.Zr/c2*1-7-5-8-3-2-4-10(11)9(8)6-7;1-3-2;;;/h2*2-6H,1H3;1-2H3;2*1H;/q2*-1;;;;+4/p-2. The van der Waals surface area contributed by atoms with Gasteiger partial charge in [0.15, 0.2) is 0 Å². The Bertz CT molecular complexity index is 899. The Morgan fingerprint density at radius 2 is 1.11 bits per heavy atom. The van der Waals surface area contributed by atoms with Gasteiger partial charge >= 0.3 is 50.9 Å². The SMILES string of the molecule is C[Si]C.Cc1cc2c(Br)cccc2[cH-]1.Cc1cc2c(Br)cccc2[cH-]1.[I][Zr+2][I]. The van der Waals surface area contributed by atoms with Crippen LogP contribution in [0.15, 0.2) is 69.6 Å². The third-order valence-electron chi connectivity index (χ3n) is 3.68. The molecule has 146 valence electrons. The first kappa shape index (κ1) is 27.2. The topological polar surface area (TPSA) is 0 Å². The van der Waals surface area contributed by atoms with Crippen LogP contribution in [0.2, 0.25) is 13.1 Å². The van der Waals surface area contributed by atoms with Gasteiger partial charge < -0.3 is 0 Å².